The van der Waals surface area contributed by atoms with Gasteiger partial charge in [-0.2, -0.15) is 0 Å². The number of pyridine rings is 2. The number of nitrogens with zero attached hydrogens (tertiary/aromatic N) is 6. The maximum absolute atomic E-state index is 4.63. The molecule has 20 heavy (non-hydrogen) atoms. The minimum Gasteiger partial charge on any atom is -0.309 e. The minimum atomic E-state index is 0.791. The zero-order valence-electron chi connectivity index (χ0n) is 11.1. The van der Waals surface area contributed by atoms with E-state index in [1.165, 1.54) is 0 Å². The smallest absolute Gasteiger partial charge is 0.178 e. The minimum absolute atomic E-state index is 0.791. The van der Waals surface area contributed by atoms with Gasteiger partial charge in [0, 0.05) is 26.5 Å². The van der Waals surface area contributed by atoms with Gasteiger partial charge in [0.25, 0.3) is 0 Å². The average molecular weight is 264 g/mol. The molecule has 6 nitrogen and oxygen atoms in total. The molecule has 0 spiro atoms. The van der Waals surface area contributed by atoms with Gasteiger partial charge in [-0.25, -0.2) is 19.9 Å². The lowest BCUT2D eigenvalue weighted by Gasteiger charge is -2.01. The third kappa shape index (κ3) is 1.38. The molecule has 0 saturated heterocycles. The number of hydrogen-bond donors (Lipinski definition) is 0. The largest absolute Gasteiger partial charge is 0.309 e. The van der Waals surface area contributed by atoms with Crippen LogP contribution in [-0.2, 0) is 14.1 Å². The van der Waals surface area contributed by atoms with Crippen LogP contribution < -0.4 is 0 Å². The van der Waals surface area contributed by atoms with Crippen LogP contribution in [0.3, 0.4) is 0 Å². The van der Waals surface area contributed by atoms with Crippen LogP contribution in [0, 0.1) is 0 Å². The number of rotatable bonds is 1. The molecule has 0 fully saturated rings. The van der Waals surface area contributed by atoms with E-state index in [4.69, 9.17) is 0 Å². The summed E-state index contributed by atoms with van der Waals surface area (Å²) in [5, 5.41) is 0. The zero-order chi connectivity index (χ0) is 13.7. The zero-order valence-corrected chi connectivity index (χ0v) is 11.1. The van der Waals surface area contributed by atoms with Crippen LogP contribution in [0.2, 0.25) is 0 Å². The SMILES string of the molecule is Cn1c(-c2nc3cccnc3n2C)nc2cccnc21. The Morgan fingerprint density at radius 2 is 1.20 bits per heavy atom. The second-order valence-electron chi connectivity index (χ2n) is 4.68. The predicted octanol–water partition coefficient (Wildman–Crippen LogP) is 1.92. The van der Waals surface area contributed by atoms with Gasteiger partial charge < -0.3 is 9.13 Å². The second-order valence-corrected chi connectivity index (χ2v) is 4.68. The molecule has 0 aliphatic rings. The fraction of sp³-hybridized carbons (Fsp3) is 0.143. The van der Waals surface area contributed by atoms with Gasteiger partial charge in [-0.3, -0.25) is 0 Å². The monoisotopic (exact) mass is 264 g/mol. The molecular formula is C14H12N6. The molecule has 6 heteroatoms. The van der Waals surface area contributed by atoms with Crippen LogP contribution in [0.5, 0.6) is 0 Å². The summed E-state index contributed by atoms with van der Waals surface area (Å²) >= 11 is 0. The van der Waals surface area contributed by atoms with Crippen LogP contribution in [0.15, 0.2) is 36.7 Å². The van der Waals surface area contributed by atoms with Gasteiger partial charge in [-0.1, -0.05) is 0 Å². The first-order valence-electron chi connectivity index (χ1n) is 6.31. The van der Waals surface area contributed by atoms with E-state index in [2.05, 4.69) is 19.9 Å². The normalized spacial score (nSPS) is 11.5. The number of aromatic nitrogens is 6. The van der Waals surface area contributed by atoms with Crippen molar-refractivity contribution >= 4 is 22.3 Å². The van der Waals surface area contributed by atoms with E-state index in [9.17, 15) is 0 Å². The summed E-state index contributed by atoms with van der Waals surface area (Å²) in [7, 11) is 3.90. The summed E-state index contributed by atoms with van der Waals surface area (Å²) in [6.07, 6.45) is 3.54. The maximum atomic E-state index is 4.63. The van der Waals surface area contributed by atoms with E-state index in [1.807, 2.05) is 47.5 Å². The predicted molar refractivity (Wildman–Crippen MR) is 76.0 cm³/mol. The van der Waals surface area contributed by atoms with Gasteiger partial charge in [-0.05, 0) is 24.3 Å². The van der Waals surface area contributed by atoms with Gasteiger partial charge >= 0.3 is 0 Å². The van der Waals surface area contributed by atoms with E-state index in [1.54, 1.807) is 12.4 Å². The highest BCUT2D eigenvalue weighted by Gasteiger charge is 2.17. The lowest BCUT2D eigenvalue weighted by atomic mass is 10.4. The average Bonchev–Trinajstić information content (AvgIpc) is 2.98. The van der Waals surface area contributed by atoms with Crippen molar-refractivity contribution in [3.05, 3.63) is 36.7 Å². The first-order valence-corrected chi connectivity index (χ1v) is 6.31. The first kappa shape index (κ1) is 11.1. The van der Waals surface area contributed by atoms with Crippen molar-refractivity contribution in [2.75, 3.05) is 0 Å². The third-order valence-corrected chi connectivity index (χ3v) is 3.46. The number of imidazole rings is 2. The summed E-state index contributed by atoms with van der Waals surface area (Å²) in [4.78, 5) is 18.0. The molecule has 0 bridgehead atoms. The van der Waals surface area contributed by atoms with Gasteiger partial charge in [-0.15, -0.1) is 0 Å². The number of aryl methyl sites for hydroxylation is 2. The Labute approximate surface area is 114 Å². The van der Waals surface area contributed by atoms with Gasteiger partial charge in [0.1, 0.15) is 11.0 Å². The topological polar surface area (TPSA) is 61.4 Å². The lowest BCUT2D eigenvalue weighted by Crippen LogP contribution is -2.00. The van der Waals surface area contributed by atoms with E-state index in [-0.39, 0.29) is 0 Å². The van der Waals surface area contributed by atoms with Crippen molar-refractivity contribution in [3.8, 4) is 11.6 Å². The standard InChI is InChI=1S/C14H12N6/c1-19-11-9(5-3-7-15-11)17-13(19)14-18-10-6-4-8-16-12(10)20(14)2/h3-8H,1-2H3. The molecule has 0 radical (unpaired) electrons. The van der Waals surface area contributed by atoms with Crippen LogP contribution >= 0.6 is 0 Å². The molecule has 0 aliphatic heterocycles. The highest BCUT2D eigenvalue weighted by Crippen LogP contribution is 2.24. The van der Waals surface area contributed by atoms with Crippen LogP contribution in [0.4, 0.5) is 0 Å². The van der Waals surface area contributed by atoms with Crippen molar-refractivity contribution in [2.45, 2.75) is 0 Å². The summed E-state index contributed by atoms with van der Waals surface area (Å²) in [5.74, 6) is 1.58. The Morgan fingerprint density at radius 3 is 1.60 bits per heavy atom. The molecule has 0 aliphatic carbocycles. The van der Waals surface area contributed by atoms with Gasteiger partial charge in [0.15, 0.2) is 22.9 Å². The lowest BCUT2D eigenvalue weighted by molar-refractivity contribution is 0.877. The molecule has 0 aromatic carbocycles. The maximum Gasteiger partial charge on any atom is 0.178 e. The molecule has 0 saturated carbocycles. The molecule has 4 aromatic heterocycles. The molecule has 0 N–H and O–H groups in total. The highest BCUT2D eigenvalue weighted by molar-refractivity contribution is 5.79. The van der Waals surface area contributed by atoms with Crippen molar-refractivity contribution in [2.24, 2.45) is 14.1 Å². The van der Waals surface area contributed by atoms with E-state index in [0.717, 1.165) is 34.0 Å². The summed E-state index contributed by atoms with van der Waals surface area (Å²) in [6, 6.07) is 7.67. The van der Waals surface area contributed by atoms with E-state index < -0.39 is 0 Å². The van der Waals surface area contributed by atoms with Crippen molar-refractivity contribution < 1.29 is 0 Å². The summed E-state index contributed by atoms with van der Waals surface area (Å²) in [5.41, 5.74) is 3.43. The van der Waals surface area contributed by atoms with E-state index in [0.29, 0.717) is 0 Å². The van der Waals surface area contributed by atoms with E-state index >= 15 is 0 Å². The highest BCUT2D eigenvalue weighted by atomic mass is 15.2. The summed E-state index contributed by atoms with van der Waals surface area (Å²) < 4.78 is 3.91. The van der Waals surface area contributed by atoms with Gasteiger partial charge in [0.2, 0.25) is 0 Å². The molecule has 98 valence electrons. The molecule has 0 atom stereocenters. The Hall–Kier alpha value is -2.76. The van der Waals surface area contributed by atoms with Crippen molar-refractivity contribution in [3.63, 3.8) is 0 Å². The van der Waals surface area contributed by atoms with Crippen LogP contribution in [0.25, 0.3) is 34.0 Å². The Morgan fingerprint density at radius 1 is 0.750 bits per heavy atom. The molecule has 4 aromatic rings. The Bertz CT molecular complexity index is 855. The molecular weight excluding hydrogens is 252 g/mol. The molecule has 4 heterocycles. The third-order valence-electron chi connectivity index (χ3n) is 3.46. The van der Waals surface area contributed by atoms with Crippen LogP contribution in [-0.4, -0.2) is 29.1 Å². The number of hydrogen-bond acceptors (Lipinski definition) is 4. The van der Waals surface area contributed by atoms with Crippen LogP contribution in [0.1, 0.15) is 0 Å². The van der Waals surface area contributed by atoms with Crippen molar-refractivity contribution in [1.82, 2.24) is 29.1 Å². The molecule has 0 amide bonds. The Balaban J connectivity index is 2.06. The fourth-order valence-electron chi connectivity index (χ4n) is 2.45. The van der Waals surface area contributed by atoms with Crippen molar-refractivity contribution in [1.29, 1.82) is 0 Å². The molecule has 4 rings (SSSR count). The number of fused-ring (bicyclic) bond motifs is 2. The first-order chi connectivity index (χ1) is 9.75. The second kappa shape index (κ2) is 3.86. The van der Waals surface area contributed by atoms with Gasteiger partial charge in [0.05, 0.1) is 0 Å². The Kier molecular flexibility index (Phi) is 2.14. The molecule has 0 unspecified atom stereocenters. The summed E-state index contributed by atoms with van der Waals surface area (Å²) in [6.45, 7) is 0. The quantitative estimate of drug-likeness (QED) is 0.527. The fourth-order valence-corrected chi connectivity index (χ4v) is 2.45.